The lowest BCUT2D eigenvalue weighted by Crippen LogP contribution is -2.30. The Morgan fingerprint density at radius 1 is 1.35 bits per heavy atom. The number of aromatic nitrogens is 3. The number of rotatable bonds is 7. The maximum atomic E-state index is 6.05. The molecule has 0 aromatic carbocycles. The Labute approximate surface area is 136 Å². The molecule has 1 fully saturated rings. The van der Waals surface area contributed by atoms with Gasteiger partial charge in [0.2, 0.25) is 0 Å². The number of hydrogen-bond acceptors (Lipinski definition) is 7. The summed E-state index contributed by atoms with van der Waals surface area (Å²) in [6.07, 6.45) is 2.82. The number of anilines is 1. The van der Waals surface area contributed by atoms with E-state index in [9.17, 15) is 0 Å². The minimum atomic E-state index is 0.260. The quantitative estimate of drug-likeness (QED) is 0.771. The molecule has 2 aromatic heterocycles. The van der Waals surface area contributed by atoms with E-state index in [2.05, 4.69) is 38.8 Å². The Kier molecular flexibility index (Phi) is 5.07. The summed E-state index contributed by atoms with van der Waals surface area (Å²) in [7, 11) is 0. The molecule has 1 atom stereocenters. The summed E-state index contributed by atoms with van der Waals surface area (Å²) in [6.45, 7) is 12.0. The summed E-state index contributed by atoms with van der Waals surface area (Å²) >= 11 is 0. The average Bonchev–Trinajstić information content (AvgIpc) is 3.19. The smallest absolute Gasteiger partial charge is 0.263 e. The van der Waals surface area contributed by atoms with Gasteiger partial charge in [-0.05, 0) is 26.4 Å². The average molecular weight is 319 g/mol. The standard InChI is InChI=1S/C16H25N5O2/c1-4-20(5-2)8-9-22-13-6-7-21(10-13)15-14-12(3)19-23-16(14)18-11-17-15/h11,13H,4-10H2,1-3H3/t13-/m0/s1. The predicted molar refractivity (Wildman–Crippen MR) is 88.7 cm³/mol. The summed E-state index contributed by atoms with van der Waals surface area (Å²) in [5, 5.41) is 4.91. The van der Waals surface area contributed by atoms with Crippen LogP contribution in [0.4, 0.5) is 5.82 Å². The van der Waals surface area contributed by atoms with Gasteiger partial charge in [0.1, 0.15) is 17.5 Å². The number of hydrogen-bond donors (Lipinski definition) is 0. The van der Waals surface area contributed by atoms with Gasteiger partial charge in [-0.25, -0.2) is 4.98 Å². The van der Waals surface area contributed by atoms with E-state index in [4.69, 9.17) is 9.26 Å². The van der Waals surface area contributed by atoms with Crippen molar-refractivity contribution in [3.63, 3.8) is 0 Å². The lowest BCUT2D eigenvalue weighted by molar-refractivity contribution is 0.0520. The maximum Gasteiger partial charge on any atom is 0.263 e. The Hall–Kier alpha value is -1.73. The van der Waals surface area contributed by atoms with Crippen molar-refractivity contribution in [3.05, 3.63) is 12.0 Å². The van der Waals surface area contributed by atoms with Crippen LogP contribution in [0.2, 0.25) is 0 Å². The summed E-state index contributed by atoms with van der Waals surface area (Å²) in [5.74, 6) is 0.906. The van der Waals surface area contributed by atoms with Gasteiger partial charge < -0.3 is 19.1 Å². The second-order valence-electron chi connectivity index (χ2n) is 5.90. The molecule has 0 unspecified atom stereocenters. The van der Waals surface area contributed by atoms with Gasteiger partial charge in [-0.3, -0.25) is 0 Å². The third-order valence-electron chi connectivity index (χ3n) is 4.52. The fraction of sp³-hybridized carbons (Fsp3) is 0.688. The molecule has 0 aliphatic carbocycles. The van der Waals surface area contributed by atoms with Gasteiger partial charge in [0.15, 0.2) is 0 Å². The Bertz CT molecular complexity index is 640. The van der Waals surface area contributed by atoms with Gasteiger partial charge in [-0.15, -0.1) is 0 Å². The van der Waals surface area contributed by atoms with Crippen molar-refractivity contribution in [2.75, 3.05) is 44.2 Å². The monoisotopic (exact) mass is 319 g/mol. The highest BCUT2D eigenvalue weighted by Crippen LogP contribution is 2.28. The van der Waals surface area contributed by atoms with Crippen molar-refractivity contribution in [2.24, 2.45) is 0 Å². The van der Waals surface area contributed by atoms with Crippen molar-refractivity contribution in [2.45, 2.75) is 33.3 Å². The van der Waals surface area contributed by atoms with Gasteiger partial charge >= 0.3 is 0 Å². The number of likely N-dealkylation sites (N-methyl/N-ethyl adjacent to an activating group) is 1. The highest BCUT2D eigenvalue weighted by atomic mass is 16.5. The summed E-state index contributed by atoms with van der Waals surface area (Å²) in [6, 6.07) is 0. The van der Waals surface area contributed by atoms with Crippen LogP contribution in [0.3, 0.4) is 0 Å². The maximum absolute atomic E-state index is 6.05. The van der Waals surface area contributed by atoms with Crippen molar-refractivity contribution in [1.29, 1.82) is 0 Å². The Balaban J connectivity index is 1.60. The lowest BCUT2D eigenvalue weighted by atomic mass is 10.3. The summed E-state index contributed by atoms with van der Waals surface area (Å²) in [5.41, 5.74) is 1.39. The predicted octanol–water partition coefficient (Wildman–Crippen LogP) is 1.86. The van der Waals surface area contributed by atoms with Crippen LogP contribution in [0, 0.1) is 6.92 Å². The number of nitrogens with zero attached hydrogens (tertiary/aromatic N) is 5. The summed E-state index contributed by atoms with van der Waals surface area (Å²) < 4.78 is 11.3. The first kappa shape index (κ1) is 16.1. The fourth-order valence-electron chi connectivity index (χ4n) is 3.09. The minimum Gasteiger partial charge on any atom is -0.375 e. The Morgan fingerprint density at radius 2 is 2.17 bits per heavy atom. The number of ether oxygens (including phenoxy) is 1. The highest BCUT2D eigenvalue weighted by Gasteiger charge is 2.27. The first-order valence-electron chi connectivity index (χ1n) is 8.38. The molecule has 0 bridgehead atoms. The first-order valence-corrected chi connectivity index (χ1v) is 8.38. The third kappa shape index (κ3) is 3.45. The van der Waals surface area contributed by atoms with Gasteiger partial charge in [-0.2, -0.15) is 4.98 Å². The molecular formula is C16H25N5O2. The van der Waals surface area contributed by atoms with E-state index in [0.717, 1.165) is 62.6 Å². The topological polar surface area (TPSA) is 67.5 Å². The normalized spacial score (nSPS) is 18.4. The van der Waals surface area contributed by atoms with Gasteiger partial charge in [0.25, 0.3) is 5.71 Å². The van der Waals surface area contributed by atoms with Crippen LogP contribution in [0.5, 0.6) is 0 Å². The van der Waals surface area contributed by atoms with E-state index >= 15 is 0 Å². The largest absolute Gasteiger partial charge is 0.375 e. The molecule has 2 aromatic rings. The van der Waals surface area contributed by atoms with Crippen LogP contribution in [0.1, 0.15) is 26.0 Å². The minimum absolute atomic E-state index is 0.260. The van der Waals surface area contributed by atoms with E-state index in [0.29, 0.717) is 5.71 Å². The number of fused-ring (bicyclic) bond motifs is 1. The molecule has 1 aliphatic heterocycles. The molecule has 0 saturated carbocycles. The summed E-state index contributed by atoms with van der Waals surface area (Å²) in [4.78, 5) is 13.2. The SMILES string of the molecule is CCN(CC)CCO[C@H]1CCN(c2ncnc3onc(C)c23)C1. The zero-order chi connectivity index (χ0) is 16.2. The molecule has 7 heteroatoms. The van der Waals surface area contributed by atoms with E-state index in [1.807, 2.05) is 6.92 Å². The van der Waals surface area contributed by atoms with Crippen LogP contribution in [-0.2, 0) is 4.74 Å². The Morgan fingerprint density at radius 3 is 2.96 bits per heavy atom. The molecule has 1 aliphatic rings. The van der Waals surface area contributed by atoms with E-state index in [-0.39, 0.29) is 6.10 Å². The van der Waals surface area contributed by atoms with Crippen LogP contribution in [-0.4, -0.2) is 65.5 Å². The van der Waals surface area contributed by atoms with Crippen molar-refractivity contribution in [1.82, 2.24) is 20.0 Å². The van der Waals surface area contributed by atoms with Crippen LogP contribution in [0.25, 0.3) is 11.1 Å². The van der Waals surface area contributed by atoms with E-state index in [1.165, 1.54) is 6.33 Å². The third-order valence-corrected chi connectivity index (χ3v) is 4.52. The van der Waals surface area contributed by atoms with Gasteiger partial charge in [0.05, 0.1) is 18.4 Å². The van der Waals surface area contributed by atoms with Crippen LogP contribution in [0.15, 0.2) is 10.9 Å². The highest BCUT2D eigenvalue weighted by molar-refractivity contribution is 5.87. The zero-order valence-electron chi connectivity index (χ0n) is 14.2. The van der Waals surface area contributed by atoms with Gasteiger partial charge in [-0.1, -0.05) is 19.0 Å². The second kappa shape index (κ2) is 7.23. The molecular weight excluding hydrogens is 294 g/mol. The molecule has 23 heavy (non-hydrogen) atoms. The fourth-order valence-corrected chi connectivity index (χ4v) is 3.09. The van der Waals surface area contributed by atoms with Gasteiger partial charge in [0, 0.05) is 19.6 Å². The van der Waals surface area contributed by atoms with Crippen molar-refractivity contribution in [3.8, 4) is 0 Å². The van der Waals surface area contributed by atoms with Crippen molar-refractivity contribution >= 4 is 16.9 Å². The zero-order valence-corrected chi connectivity index (χ0v) is 14.2. The molecule has 0 N–H and O–H groups in total. The molecule has 3 rings (SSSR count). The molecule has 3 heterocycles. The van der Waals surface area contributed by atoms with E-state index in [1.54, 1.807) is 0 Å². The number of aryl methyl sites for hydroxylation is 1. The molecule has 0 radical (unpaired) electrons. The molecule has 1 saturated heterocycles. The molecule has 0 amide bonds. The van der Waals surface area contributed by atoms with E-state index < -0.39 is 0 Å². The molecule has 7 nitrogen and oxygen atoms in total. The first-order chi connectivity index (χ1) is 11.2. The lowest BCUT2D eigenvalue weighted by Gasteiger charge is -2.20. The van der Waals surface area contributed by atoms with Crippen LogP contribution < -0.4 is 4.90 Å². The second-order valence-corrected chi connectivity index (χ2v) is 5.90. The van der Waals surface area contributed by atoms with Crippen molar-refractivity contribution < 1.29 is 9.26 Å². The molecule has 126 valence electrons. The van der Waals surface area contributed by atoms with Crippen LogP contribution >= 0.6 is 0 Å². The molecule has 0 spiro atoms.